The van der Waals surface area contributed by atoms with E-state index in [1.54, 1.807) is 18.2 Å². The van der Waals surface area contributed by atoms with Crippen LogP contribution >= 0.6 is 11.3 Å². The molecule has 4 rings (SSSR count). The molecular weight excluding hydrogens is 390 g/mol. The molecule has 0 spiro atoms. The SMILES string of the molecule is COc1ccc(NC(=O)c2cc(-c3cccs3)nc3ccccc23)c([N+](=O)[O-])c1. The van der Waals surface area contributed by atoms with E-state index in [2.05, 4.69) is 10.3 Å². The molecular formula is C21H15N3O4S. The summed E-state index contributed by atoms with van der Waals surface area (Å²) in [6, 6.07) is 17.1. The van der Waals surface area contributed by atoms with Crippen molar-refractivity contribution in [2.24, 2.45) is 0 Å². The molecule has 2 aromatic carbocycles. The molecule has 0 aliphatic carbocycles. The van der Waals surface area contributed by atoms with E-state index in [1.807, 2.05) is 35.7 Å². The van der Waals surface area contributed by atoms with E-state index in [0.717, 1.165) is 4.88 Å². The molecule has 0 saturated heterocycles. The maximum absolute atomic E-state index is 13.1. The monoisotopic (exact) mass is 405 g/mol. The number of hydrogen-bond donors (Lipinski definition) is 1. The number of rotatable bonds is 5. The third kappa shape index (κ3) is 3.65. The number of hydrogen-bond acceptors (Lipinski definition) is 6. The van der Waals surface area contributed by atoms with Gasteiger partial charge in [-0.15, -0.1) is 11.3 Å². The Balaban J connectivity index is 1.79. The fourth-order valence-electron chi connectivity index (χ4n) is 3.00. The Labute approximate surface area is 169 Å². The summed E-state index contributed by atoms with van der Waals surface area (Å²) in [5, 5.41) is 16.7. The number of nitrogens with one attached hydrogen (secondary N) is 1. The van der Waals surface area contributed by atoms with Crippen molar-refractivity contribution in [3.8, 4) is 16.3 Å². The zero-order chi connectivity index (χ0) is 20.4. The normalized spacial score (nSPS) is 10.7. The first-order valence-electron chi connectivity index (χ1n) is 8.64. The largest absolute Gasteiger partial charge is 0.496 e. The van der Waals surface area contributed by atoms with Crippen LogP contribution in [0.5, 0.6) is 5.75 Å². The summed E-state index contributed by atoms with van der Waals surface area (Å²) in [6.45, 7) is 0. The van der Waals surface area contributed by atoms with Gasteiger partial charge in [0.1, 0.15) is 11.4 Å². The van der Waals surface area contributed by atoms with E-state index in [0.29, 0.717) is 27.9 Å². The van der Waals surface area contributed by atoms with Crippen LogP contribution < -0.4 is 10.1 Å². The fourth-order valence-corrected chi connectivity index (χ4v) is 3.68. The Hall–Kier alpha value is -3.78. The highest BCUT2D eigenvalue weighted by atomic mass is 32.1. The lowest BCUT2D eigenvalue weighted by atomic mass is 10.1. The molecule has 4 aromatic rings. The molecule has 0 saturated carbocycles. The Morgan fingerprint density at radius 3 is 2.69 bits per heavy atom. The maximum atomic E-state index is 13.1. The van der Waals surface area contributed by atoms with Crippen LogP contribution in [-0.2, 0) is 0 Å². The standard InChI is InChI=1S/C21H15N3O4S/c1-28-13-8-9-17(19(11-13)24(26)27)23-21(25)15-12-18(20-7-4-10-29-20)22-16-6-3-2-5-14(15)16/h2-12H,1H3,(H,23,25). The lowest BCUT2D eigenvalue weighted by Crippen LogP contribution is -2.14. The van der Waals surface area contributed by atoms with E-state index >= 15 is 0 Å². The summed E-state index contributed by atoms with van der Waals surface area (Å²) in [5.74, 6) is -0.112. The summed E-state index contributed by atoms with van der Waals surface area (Å²) < 4.78 is 5.04. The van der Waals surface area contributed by atoms with Crippen LogP contribution in [0.2, 0.25) is 0 Å². The Morgan fingerprint density at radius 1 is 1.14 bits per heavy atom. The fraction of sp³-hybridized carbons (Fsp3) is 0.0476. The van der Waals surface area contributed by atoms with Crippen LogP contribution in [0.1, 0.15) is 10.4 Å². The second-order valence-electron chi connectivity index (χ2n) is 6.14. The number of para-hydroxylation sites is 1. The van der Waals surface area contributed by atoms with Crippen LogP contribution in [-0.4, -0.2) is 22.9 Å². The summed E-state index contributed by atoms with van der Waals surface area (Å²) in [4.78, 5) is 29.5. The number of carbonyl (C=O) groups is 1. The van der Waals surface area contributed by atoms with Crippen LogP contribution in [0.15, 0.2) is 66.0 Å². The first-order chi connectivity index (χ1) is 14.1. The predicted octanol–water partition coefficient (Wildman–Crippen LogP) is 5.13. The smallest absolute Gasteiger partial charge is 0.296 e. The predicted molar refractivity (Wildman–Crippen MR) is 113 cm³/mol. The van der Waals surface area contributed by atoms with Gasteiger partial charge < -0.3 is 10.1 Å². The second kappa shape index (κ2) is 7.69. The Kier molecular flexibility index (Phi) is 4.92. The topological polar surface area (TPSA) is 94.4 Å². The third-order valence-electron chi connectivity index (χ3n) is 4.38. The minimum absolute atomic E-state index is 0.0966. The van der Waals surface area contributed by atoms with Crippen LogP contribution in [0, 0.1) is 10.1 Å². The number of fused-ring (bicyclic) bond motifs is 1. The highest BCUT2D eigenvalue weighted by Crippen LogP contribution is 2.31. The number of methoxy groups -OCH3 is 1. The van der Waals surface area contributed by atoms with Crippen molar-refractivity contribution in [2.45, 2.75) is 0 Å². The minimum atomic E-state index is -0.556. The molecule has 0 bridgehead atoms. The Morgan fingerprint density at radius 2 is 1.97 bits per heavy atom. The summed E-state index contributed by atoms with van der Waals surface area (Å²) >= 11 is 1.52. The number of thiophene rings is 1. The zero-order valence-corrected chi connectivity index (χ0v) is 16.1. The van der Waals surface area contributed by atoms with Gasteiger partial charge in [0, 0.05) is 5.39 Å². The number of ether oxygens (including phenoxy) is 1. The van der Waals surface area contributed by atoms with Crippen molar-refractivity contribution in [1.29, 1.82) is 0 Å². The quantitative estimate of drug-likeness (QED) is 0.367. The molecule has 0 aliphatic heterocycles. The van der Waals surface area contributed by atoms with Crippen LogP contribution in [0.4, 0.5) is 11.4 Å². The average Bonchev–Trinajstić information content (AvgIpc) is 3.28. The van der Waals surface area contributed by atoms with E-state index in [9.17, 15) is 14.9 Å². The van der Waals surface area contributed by atoms with E-state index in [1.165, 1.54) is 30.6 Å². The van der Waals surface area contributed by atoms with Crippen LogP contribution in [0.3, 0.4) is 0 Å². The maximum Gasteiger partial charge on any atom is 0.296 e. The van der Waals surface area contributed by atoms with Gasteiger partial charge in [0.05, 0.1) is 39.8 Å². The van der Waals surface area contributed by atoms with E-state index in [-0.39, 0.29) is 11.4 Å². The summed E-state index contributed by atoms with van der Waals surface area (Å²) in [6.07, 6.45) is 0. The number of carbonyl (C=O) groups excluding carboxylic acids is 1. The molecule has 8 heteroatoms. The summed E-state index contributed by atoms with van der Waals surface area (Å²) in [5.41, 5.74) is 1.60. The van der Waals surface area contributed by atoms with Gasteiger partial charge in [-0.3, -0.25) is 14.9 Å². The first-order valence-corrected chi connectivity index (χ1v) is 9.52. The number of nitrogens with zero attached hydrogens (tertiary/aromatic N) is 2. The van der Waals surface area contributed by atoms with Gasteiger partial charge in [-0.25, -0.2) is 4.98 Å². The first kappa shape index (κ1) is 18.6. The van der Waals surface area contributed by atoms with Gasteiger partial charge in [-0.1, -0.05) is 24.3 Å². The number of amides is 1. The van der Waals surface area contributed by atoms with Crippen molar-refractivity contribution >= 4 is 39.5 Å². The molecule has 144 valence electrons. The van der Waals surface area contributed by atoms with Gasteiger partial charge in [0.2, 0.25) is 0 Å². The second-order valence-corrected chi connectivity index (χ2v) is 7.09. The van der Waals surface area contributed by atoms with Crippen molar-refractivity contribution < 1.29 is 14.5 Å². The van der Waals surface area contributed by atoms with Crippen molar-refractivity contribution in [3.63, 3.8) is 0 Å². The number of pyridine rings is 1. The van der Waals surface area contributed by atoms with Crippen molar-refractivity contribution in [2.75, 3.05) is 12.4 Å². The number of aromatic nitrogens is 1. The molecule has 0 fully saturated rings. The molecule has 0 unspecified atom stereocenters. The van der Waals surface area contributed by atoms with Crippen LogP contribution in [0.25, 0.3) is 21.5 Å². The van der Waals surface area contributed by atoms with Gasteiger partial charge in [0.15, 0.2) is 0 Å². The number of nitro groups is 1. The third-order valence-corrected chi connectivity index (χ3v) is 5.28. The van der Waals surface area contributed by atoms with Crippen molar-refractivity contribution in [1.82, 2.24) is 4.98 Å². The number of anilines is 1. The molecule has 7 nitrogen and oxygen atoms in total. The molecule has 1 amide bonds. The van der Waals surface area contributed by atoms with E-state index < -0.39 is 10.8 Å². The molecule has 2 aromatic heterocycles. The lowest BCUT2D eigenvalue weighted by molar-refractivity contribution is -0.384. The summed E-state index contributed by atoms with van der Waals surface area (Å²) in [7, 11) is 1.42. The highest BCUT2D eigenvalue weighted by molar-refractivity contribution is 7.13. The highest BCUT2D eigenvalue weighted by Gasteiger charge is 2.20. The van der Waals surface area contributed by atoms with Gasteiger partial charge in [0.25, 0.3) is 11.6 Å². The van der Waals surface area contributed by atoms with Crippen molar-refractivity contribution in [3.05, 3.63) is 81.7 Å². The van der Waals surface area contributed by atoms with Gasteiger partial charge >= 0.3 is 0 Å². The average molecular weight is 405 g/mol. The Bertz CT molecular complexity index is 1220. The number of benzene rings is 2. The molecule has 29 heavy (non-hydrogen) atoms. The number of nitro benzene ring substituents is 1. The molecule has 0 radical (unpaired) electrons. The zero-order valence-electron chi connectivity index (χ0n) is 15.3. The molecule has 0 atom stereocenters. The van der Waals surface area contributed by atoms with E-state index in [4.69, 9.17) is 4.74 Å². The minimum Gasteiger partial charge on any atom is -0.496 e. The molecule has 2 heterocycles. The van der Waals surface area contributed by atoms with Gasteiger partial charge in [-0.2, -0.15) is 0 Å². The lowest BCUT2D eigenvalue weighted by Gasteiger charge is -2.11. The van der Waals surface area contributed by atoms with Gasteiger partial charge in [-0.05, 0) is 35.7 Å². The molecule has 1 N–H and O–H groups in total. The molecule has 0 aliphatic rings.